The summed E-state index contributed by atoms with van der Waals surface area (Å²) in [6, 6.07) is 15.1. The minimum Gasteiger partial charge on any atom is -0.305 e. The Bertz CT molecular complexity index is 362. The molecule has 2 rings (SSSR count). The molecule has 0 aromatic carbocycles. The van der Waals surface area contributed by atoms with Crippen molar-refractivity contribution in [1.29, 1.82) is 0 Å². The van der Waals surface area contributed by atoms with Crippen molar-refractivity contribution in [2.24, 2.45) is 0 Å². The number of hydrogen-bond donors (Lipinski definition) is 0. The predicted molar refractivity (Wildman–Crippen MR) is 60.5 cm³/mol. The molecule has 0 saturated heterocycles. The number of fused-ring (bicyclic) bond motifs is 1. The Hall–Kier alpha value is -1.34. The van der Waals surface area contributed by atoms with Crippen LogP contribution in [0.2, 0.25) is 0 Å². The van der Waals surface area contributed by atoms with Crippen LogP contribution in [0, 0.1) is 0 Å². The molecule has 0 atom stereocenters. The Morgan fingerprint density at radius 1 is 0.929 bits per heavy atom. The predicted octanol–water partition coefficient (Wildman–Crippen LogP) is 2.85. The van der Waals surface area contributed by atoms with Crippen LogP contribution in [0.4, 0.5) is 0 Å². The Labute approximate surface area is 85.3 Å². The summed E-state index contributed by atoms with van der Waals surface area (Å²) in [5, 5.41) is 0. The lowest BCUT2D eigenvalue weighted by molar-refractivity contribution is 0.403. The molecule has 0 N–H and O–H groups in total. The van der Waals surface area contributed by atoms with Crippen molar-refractivity contribution in [2.45, 2.75) is 6.54 Å². The lowest BCUT2D eigenvalue weighted by atomic mass is 10.2. The van der Waals surface area contributed by atoms with Crippen LogP contribution in [0.5, 0.6) is 0 Å². The van der Waals surface area contributed by atoms with Gasteiger partial charge in [0.2, 0.25) is 0 Å². The molecule has 0 bridgehead atoms. The average Bonchev–Trinajstić information content (AvgIpc) is 2.34. The first-order chi connectivity index (χ1) is 6.75. The number of nitrogens with zero attached hydrogens (tertiary/aromatic N) is 1. The molecule has 14 heavy (non-hydrogen) atoms. The van der Waals surface area contributed by atoms with E-state index in [1.807, 2.05) is 0 Å². The lowest BCUT2D eigenvalue weighted by Gasteiger charge is -2.06. The molecule has 0 heterocycles. The largest absolute Gasteiger partial charge is 0.305 e. The standard InChI is InChI=1S/C13H15N/c1-14(2)10-11-8-12-6-4-3-5-7-13(12)9-11/h3-9H,10H2,1-2H3. The summed E-state index contributed by atoms with van der Waals surface area (Å²) in [5.41, 5.74) is 4.04. The van der Waals surface area contributed by atoms with Gasteiger partial charge >= 0.3 is 0 Å². The molecule has 0 unspecified atom stereocenters. The fourth-order valence-corrected chi connectivity index (χ4v) is 1.74. The third kappa shape index (κ3) is 1.94. The Kier molecular flexibility index (Phi) is 2.51. The highest BCUT2D eigenvalue weighted by molar-refractivity contribution is 5.67. The second kappa shape index (κ2) is 3.81. The van der Waals surface area contributed by atoms with E-state index in [0.29, 0.717) is 0 Å². The van der Waals surface area contributed by atoms with Crippen molar-refractivity contribution in [3.8, 4) is 11.1 Å². The van der Waals surface area contributed by atoms with Gasteiger partial charge < -0.3 is 4.90 Å². The first-order valence-corrected chi connectivity index (χ1v) is 4.88. The molecule has 0 aliphatic heterocycles. The molecule has 2 aliphatic carbocycles. The van der Waals surface area contributed by atoms with E-state index in [1.165, 1.54) is 16.7 Å². The molecule has 1 nitrogen and oxygen atoms in total. The summed E-state index contributed by atoms with van der Waals surface area (Å²) in [5.74, 6) is 0. The first kappa shape index (κ1) is 9.22. The molecule has 0 saturated carbocycles. The summed E-state index contributed by atoms with van der Waals surface area (Å²) in [6.45, 7) is 1.01. The maximum absolute atomic E-state index is 2.26. The number of hydrogen-bond acceptors (Lipinski definition) is 1. The van der Waals surface area contributed by atoms with E-state index in [2.05, 4.69) is 61.5 Å². The van der Waals surface area contributed by atoms with Crippen LogP contribution in [0.15, 0.2) is 42.5 Å². The Morgan fingerprint density at radius 2 is 1.50 bits per heavy atom. The van der Waals surface area contributed by atoms with Crippen molar-refractivity contribution in [3.63, 3.8) is 0 Å². The van der Waals surface area contributed by atoms with Gasteiger partial charge in [-0.05, 0) is 42.9 Å². The quantitative estimate of drug-likeness (QED) is 0.695. The molecule has 0 fully saturated rings. The molecule has 0 amide bonds. The zero-order valence-corrected chi connectivity index (χ0v) is 8.70. The normalized spacial score (nSPS) is 11.1. The van der Waals surface area contributed by atoms with Gasteiger partial charge in [-0.25, -0.2) is 0 Å². The van der Waals surface area contributed by atoms with E-state index >= 15 is 0 Å². The molecule has 1 heteroatoms. The second-order valence-electron chi connectivity index (χ2n) is 3.92. The van der Waals surface area contributed by atoms with Gasteiger partial charge in [0.1, 0.15) is 0 Å². The monoisotopic (exact) mass is 185 g/mol. The Morgan fingerprint density at radius 3 is 2.00 bits per heavy atom. The minimum atomic E-state index is 1.01. The minimum absolute atomic E-state index is 1.01. The van der Waals surface area contributed by atoms with Crippen LogP contribution in [0.25, 0.3) is 11.1 Å². The van der Waals surface area contributed by atoms with Crippen molar-refractivity contribution in [2.75, 3.05) is 14.1 Å². The van der Waals surface area contributed by atoms with Gasteiger partial charge in [-0.1, -0.05) is 30.3 Å². The maximum Gasteiger partial charge on any atom is 0.0228 e. The molecule has 0 aromatic heterocycles. The summed E-state index contributed by atoms with van der Waals surface area (Å²) in [4.78, 5) is 2.19. The van der Waals surface area contributed by atoms with E-state index in [4.69, 9.17) is 0 Å². The van der Waals surface area contributed by atoms with Gasteiger partial charge in [0.05, 0.1) is 0 Å². The van der Waals surface area contributed by atoms with Crippen LogP contribution in [0.1, 0.15) is 5.56 Å². The van der Waals surface area contributed by atoms with Crippen LogP contribution in [-0.2, 0) is 6.54 Å². The fraction of sp³-hybridized carbons (Fsp3) is 0.231. The van der Waals surface area contributed by atoms with Gasteiger partial charge in [0.15, 0.2) is 0 Å². The molecule has 0 aromatic rings. The first-order valence-electron chi connectivity index (χ1n) is 4.88. The zero-order chi connectivity index (χ0) is 9.97. The highest BCUT2D eigenvalue weighted by atomic mass is 15.0. The molecular weight excluding hydrogens is 170 g/mol. The molecule has 0 spiro atoms. The molecular formula is C13H15N. The van der Waals surface area contributed by atoms with Crippen LogP contribution < -0.4 is 0 Å². The Balaban J connectivity index is 2.38. The van der Waals surface area contributed by atoms with E-state index < -0.39 is 0 Å². The number of rotatable bonds is 2. The van der Waals surface area contributed by atoms with Gasteiger partial charge in [-0.15, -0.1) is 0 Å². The van der Waals surface area contributed by atoms with Gasteiger partial charge in [0, 0.05) is 6.54 Å². The van der Waals surface area contributed by atoms with Gasteiger partial charge in [-0.3, -0.25) is 0 Å². The summed E-state index contributed by atoms with van der Waals surface area (Å²) >= 11 is 0. The maximum atomic E-state index is 2.26. The summed E-state index contributed by atoms with van der Waals surface area (Å²) in [7, 11) is 4.19. The van der Waals surface area contributed by atoms with Crippen molar-refractivity contribution in [1.82, 2.24) is 4.90 Å². The van der Waals surface area contributed by atoms with Crippen molar-refractivity contribution < 1.29 is 0 Å². The molecule has 0 radical (unpaired) electrons. The summed E-state index contributed by atoms with van der Waals surface area (Å²) < 4.78 is 0. The smallest absolute Gasteiger partial charge is 0.0228 e. The summed E-state index contributed by atoms with van der Waals surface area (Å²) in [6.07, 6.45) is 0. The molecule has 72 valence electrons. The highest BCUT2D eigenvalue weighted by Crippen LogP contribution is 2.25. The lowest BCUT2D eigenvalue weighted by Crippen LogP contribution is -2.09. The average molecular weight is 185 g/mol. The van der Waals surface area contributed by atoms with E-state index in [9.17, 15) is 0 Å². The zero-order valence-electron chi connectivity index (χ0n) is 8.70. The van der Waals surface area contributed by atoms with E-state index in [1.54, 1.807) is 0 Å². The third-order valence-electron chi connectivity index (χ3n) is 2.29. The second-order valence-corrected chi connectivity index (χ2v) is 3.92. The highest BCUT2D eigenvalue weighted by Gasteiger charge is 2.04. The van der Waals surface area contributed by atoms with Crippen molar-refractivity contribution in [3.05, 3.63) is 48.0 Å². The topological polar surface area (TPSA) is 3.24 Å². The van der Waals surface area contributed by atoms with Crippen LogP contribution >= 0.6 is 0 Å². The van der Waals surface area contributed by atoms with Gasteiger partial charge in [-0.2, -0.15) is 0 Å². The van der Waals surface area contributed by atoms with Crippen LogP contribution in [0.3, 0.4) is 0 Å². The molecule has 2 aliphatic rings. The van der Waals surface area contributed by atoms with E-state index in [0.717, 1.165) is 6.54 Å². The van der Waals surface area contributed by atoms with Crippen LogP contribution in [-0.4, -0.2) is 19.0 Å². The third-order valence-corrected chi connectivity index (χ3v) is 2.29. The fourth-order valence-electron chi connectivity index (χ4n) is 1.74. The SMILES string of the molecule is CN(C)Cc1cc2cccccc-2c1. The van der Waals surface area contributed by atoms with Crippen molar-refractivity contribution >= 4 is 0 Å². The van der Waals surface area contributed by atoms with E-state index in [-0.39, 0.29) is 0 Å². The van der Waals surface area contributed by atoms with Gasteiger partial charge in [0.25, 0.3) is 0 Å².